The third-order valence-electron chi connectivity index (χ3n) is 3.67. The van der Waals surface area contributed by atoms with E-state index in [1.54, 1.807) is 18.9 Å². The highest BCUT2D eigenvalue weighted by Crippen LogP contribution is 2.32. The highest BCUT2D eigenvalue weighted by atomic mass is 35.5. The van der Waals surface area contributed by atoms with Crippen LogP contribution in [-0.2, 0) is 5.75 Å². The van der Waals surface area contributed by atoms with E-state index < -0.39 is 0 Å². The van der Waals surface area contributed by atoms with Crippen LogP contribution in [-0.4, -0.2) is 26.0 Å². The maximum atomic E-state index is 6.11. The number of halogens is 1. The van der Waals surface area contributed by atoms with Gasteiger partial charge >= 0.3 is 0 Å². The molecule has 5 heteroatoms. The van der Waals surface area contributed by atoms with Gasteiger partial charge in [0.05, 0.1) is 7.11 Å². The van der Waals surface area contributed by atoms with E-state index >= 15 is 0 Å². The van der Waals surface area contributed by atoms with Gasteiger partial charge in [0.1, 0.15) is 11.6 Å². The first-order chi connectivity index (χ1) is 11.3. The number of hydrogen-bond donors (Lipinski definition) is 1. The van der Waals surface area contributed by atoms with Crippen LogP contribution in [0.5, 0.6) is 5.75 Å². The molecule has 0 amide bonds. The Kier molecular flexibility index (Phi) is 5.47. The highest BCUT2D eigenvalue weighted by Gasteiger charge is 2.12. The molecule has 3 rings (SSSR count). The quantitative estimate of drug-likeness (QED) is 0.816. The fourth-order valence-electron chi connectivity index (χ4n) is 2.52. The Balaban J connectivity index is 1.81. The van der Waals surface area contributed by atoms with Gasteiger partial charge in [-0.3, -0.25) is 4.99 Å². The Morgan fingerprint density at radius 2 is 2.13 bits per heavy atom. The summed E-state index contributed by atoms with van der Waals surface area (Å²) < 4.78 is 5.43. The van der Waals surface area contributed by atoms with Crippen LogP contribution in [0.1, 0.15) is 17.5 Å². The van der Waals surface area contributed by atoms with Gasteiger partial charge in [-0.05, 0) is 30.7 Å². The van der Waals surface area contributed by atoms with Gasteiger partial charge in [-0.2, -0.15) is 0 Å². The lowest BCUT2D eigenvalue weighted by atomic mass is 10.2. The summed E-state index contributed by atoms with van der Waals surface area (Å²) in [5.41, 5.74) is 2.26. The summed E-state index contributed by atoms with van der Waals surface area (Å²) in [7, 11) is 1.69. The predicted molar refractivity (Wildman–Crippen MR) is 98.0 cm³/mol. The standard InChI is InChI=1S/C18H19ClN2OS/c1-22-16-8-7-14(19)11-13(16)12-23-17-6-3-2-5-15(17)18-20-9-4-10-21-18/h2-3,5-8,11H,4,9-10,12H2,1H3,(H,20,21). The molecular weight excluding hydrogens is 328 g/mol. The third kappa shape index (κ3) is 4.01. The lowest BCUT2D eigenvalue weighted by Gasteiger charge is -2.17. The van der Waals surface area contributed by atoms with E-state index in [0.717, 1.165) is 53.0 Å². The van der Waals surface area contributed by atoms with Crippen LogP contribution in [0, 0.1) is 0 Å². The molecule has 0 fully saturated rings. The van der Waals surface area contributed by atoms with Crippen molar-refractivity contribution in [2.45, 2.75) is 17.1 Å². The highest BCUT2D eigenvalue weighted by molar-refractivity contribution is 7.98. The van der Waals surface area contributed by atoms with E-state index in [1.165, 1.54) is 4.90 Å². The molecule has 1 heterocycles. The Labute approximate surface area is 146 Å². The molecule has 0 atom stereocenters. The van der Waals surface area contributed by atoms with Crippen LogP contribution in [0.25, 0.3) is 0 Å². The van der Waals surface area contributed by atoms with Gasteiger partial charge in [0, 0.05) is 39.9 Å². The number of methoxy groups -OCH3 is 1. The summed E-state index contributed by atoms with van der Waals surface area (Å²) >= 11 is 7.89. The summed E-state index contributed by atoms with van der Waals surface area (Å²) in [6.45, 7) is 1.88. The Morgan fingerprint density at radius 1 is 1.26 bits per heavy atom. The van der Waals surface area contributed by atoms with E-state index in [4.69, 9.17) is 16.3 Å². The SMILES string of the molecule is COc1ccc(Cl)cc1CSc1ccccc1C1=NCCCN1. The Hall–Kier alpha value is -1.65. The maximum absolute atomic E-state index is 6.11. The number of nitrogens with one attached hydrogen (secondary N) is 1. The summed E-state index contributed by atoms with van der Waals surface area (Å²) in [5, 5.41) is 4.13. The Morgan fingerprint density at radius 3 is 2.91 bits per heavy atom. The fraction of sp³-hybridized carbons (Fsp3) is 0.278. The first-order valence-electron chi connectivity index (χ1n) is 7.61. The van der Waals surface area contributed by atoms with Crippen molar-refractivity contribution in [2.24, 2.45) is 4.99 Å². The molecule has 2 aromatic carbocycles. The lowest BCUT2D eigenvalue weighted by molar-refractivity contribution is 0.411. The minimum Gasteiger partial charge on any atom is -0.496 e. The van der Waals surface area contributed by atoms with Crippen molar-refractivity contribution in [2.75, 3.05) is 20.2 Å². The monoisotopic (exact) mass is 346 g/mol. The summed E-state index contributed by atoms with van der Waals surface area (Å²) in [5.74, 6) is 2.67. The van der Waals surface area contributed by atoms with Gasteiger partial charge in [0.2, 0.25) is 0 Å². The van der Waals surface area contributed by atoms with Gasteiger partial charge in [0.25, 0.3) is 0 Å². The average molecular weight is 347 g/mol. The second kappa shape index (κ2) is 7.75. The molecule has 1 N–H and O–H groups in total. The second-order valence-electron chi connectivity index (χ2n) is 5.25. The summed E-state index contributed by atoms with van der Waals surface area (Å²) in [6.07, 6.45) is 1.10. The maximum Gasteiger partial charge on any atom is 0.129 e. The van der Waals surface area contributed by atoms with E-state index in [9.17, 15) is 0 Å². The normalized spacial score (nSPS) is 14.1. The van der Waals surface area contributed by atoms with E-state index in [1.807, 2.05) is 18.2 Å². The van der Waals surface area contributed by atoms with Crippen molar-refractivity contribution in [3.63, 3.8) is 0 Å². The van der Waals surface area contributed by atoms with Crippen LogP contribution in [0.3, 0.4) is 0 Å². The molecule has 0 saturated carbocycles. The average Bonchev–Trinajstić information content (AvgIpc) is 2.61. The number of rotatable bonds is 5. The van der Waals surface area contributed by atoms with Crippen molar-refractivity contribution in [1.29, 1.82) is 0 Å². The molecule has 0 aromatic heterocycles. The number of hydrogen-bond acceptors (Lipinski definition) is 4. The molecule has 1 aliphatic rings. The molecule has 0 aliphatic carbocycles. The Bertz CT molecular complexity index is 718. The smallest absolute Gasteiger partial charge is 0.129 e. The number of nitrogens with zero attached hydrogens (tertiary/aromatic N) is 1. The first kappa shape index (κ1) is 16.2. The minimum atomic E-state index is 0.730. The van der Waals surface area contributed by atoms with E-state index in [2.05, 4.69) is 34.6 Å². The number of aliphatic imine (C=N–C) groups is 1. The number of thioether (sulfide) groups is 1. The van der Waals surface area contributed by atoms with Crippen molar-refractivity contribution >= 4 is 29.2 Å². The molecule has 0 spiro atoms. The number of ether oxygens (including phenoxy) is 1. The van der Waals surface area contributed by atoms with Gasteiger partial charge in [0.15, 0.2) is 0 Å². The van der Waals surface area contributed by atoms with Crippen LogP contribution in [0.15, 0.2) is 52.4 Å². The fourth-order valence-corrected chi connectivity index (χ4v) is 3.74. The molecule has 0 radical (unpaired) electrons. The molecule has 0 bridgehead atoms. The number of amidine groups is 1. The predicted octanol–water partition coefficient (Wildman–Crippen LogP) is 4.38. The molecule has 0 saturated heterocycles. The molecule has 3 nitrogen and oxygen atoms in total. The first-order valence-corrected chi connectivity index (χ1v) is 8.97. The third-order valence-corrected chi connectivity index (χ3v) is 5.02. The van der Waals surface area contributed by atoms with Crippen LogP contribution >= 0.6 is 23.4 Å². The van der Waals surface area contributed by atoms with Gasteiger partial charge in [-0.15, -0.1) is 11.8 Å². The van der Waals surface area contributed by atoms with Crippen molar-refractivity contribution in [3.8, 4) is 5.75 Å². The lowest BCUT2D eigenvalue weighted by Crippen LogP contribution is -2.30. The minimum absolute atomic E-state index is 0.730. The largest absolute Gasteiger partial charge is 0.496 e. The van der Waals surface area contributed by atoms with Crippen molar-refractivity contribution in [3.05, 3.63) is 58.6 Å². The van der Waals surface area contributed by atoms with Crippen LogP contribution in [0.2, 0.25) is 5.02 Å². The number of benzene rings is 2. The van der Waals surface area contributed by atoms with E-state index in [-0.39, 0.29) is 0 Å². The zero-order valence-electron chi connectivity index (χ0n) is 13.0. The summed E-state index contributed by atoms with van der Waals surface area (Å²) in [4.78, 5) is 5.82. The summed E-state index contributed by atoms with van der Waals surface area (Å²) in [6, 6.07) is 14.1. The van der Waals surface area contributed by atoms with Crippen LogP contribution < -0.4 is 10.1 Å². The molecule has 0 unspecified atom stereocenters. The second-order valence-corrected chi connectivity index (χ2v) is 6.71. The molecule has 23 heavy (non-hydrogen) atoms. The van der Waals surface area contributed by atoms with Gasteiger partial charge in [-0.1, -0.05) is 29.8 Å². The zero-order chi connectivity index (χ0) is 16.1. The van der Waals surface area contributed by atoms with Gasteiger partial charge < -0.3 is 10.1 Å². The molecule has 1 aliphatic heterocycles. The van der Waals surface area contributed by atoms with Gasteiger partial charge in [-0.25, -0.2) is 0 Å². The zero-order valence-corrected chi connectivity index (χ0v) is 14.6. The topological polar surface area (TPSA) is 33.6 Å². The van der Waals surface area contributed by atoms with Crippen molar-refractivity contribution < 1.29 is 4.74 Å². The van der Waals surface area contributed by atoms with Crippen LogP contribution in [0.4, 0.5) is 0 Å². The van der Waals surface area contributed by atoms with Crippen molar-refractivity contribution in [1.82, 2.24) is 5.32 Å². The molecular formula is C18H19ClN2OS. The van der Waals surface area contributed by atoms with E-state index in [0.29, 0.717) is 0 Å². The molecule has 120 valence electrons. The molecule has 2 aromatic rings.